The van der Waals surface area contributed by atoms with Crippen molar-refractivity contribution in [3.63, 3.8) is 0 Å². The van der Waals surface area contributed by atoms with Crippen molar-refractivity contribution in [1.82, 2.24) is 21.3 Å². The Labute approximate surface area is 354 Å². The first-order valence-electron chi connectivity index (χ1n) is 23.8. The molecule has 0 unspecified atom stereocenters. The van der Waals surface area contributed by atoms with Crippen LogP contribution in [0.2, 0.25) is 0 Å². The number of nitrogens with one attached hydrogen (secondary N) is 4. The maximum absolute atomic E-state index is 4.16. The van der Waals surface area contributed by atoms with Gasteiger partial charge in [-0.3, -0.25) is 0 Å². The van der Waals surface area contributed by atoms with Gasteiger partial charge in [0.1, 0.15) is 0 Å². The van der Waals surface area contributed by atoms with E-state index in [0.717, 1.165) is 0 Å². The Morgan fingerprint density at radius 3 is 0.684 bits per heavy atom. The van der Waals surface area contributed by atoms with Crippen LogP contribution in [-0.4, -0.2) is 44.3 Å². The molecule has 4 aliphatic heterocycles. The molecule has 0 aromatic heterocycles. The summed E-state index contributed by atoms with van der Waals surface area (Å²) in [5.74, 6) is 2.63. The maximum Gasteiger partial charge on any atom is 0.0135 e. The minimum atomic E-state index is 0.0546. The first-order chi connectivity index (χ1) is 25.4. The van der Waals surface area contributed by atoms with Gasteiger partial charge >= 0.3 is 0 Å². The molecule has 5 fully saturated rings. The van der Waals surface area contributed by atoms with Crippen LogP contribution in [0.3, 0.4) is 0 Å². The number of piperidine rings is 4. The summed E-state index contributed by atoms with van der Waals surface area (Å²) in [7, 11) is 0. The van der Waals surface area contributed by atoms with E-state index in [1.807, 2.05) is 22.3 Å². The summed E-state index contributed by atoms with van der Waals surface area (Å²) >= 11 is 0. The van der Waals surface area contributed by atoms with Crippen molar-refractivity contribution >= 4 is 0 Å². The van der Waals surface area contributed by atoms with Crippen LogP contribution in [0, 0.1) is 17.8 Å². The molecule has 0 radical (unpaired) electrons. The highest BCUT2D eigenvalue weighted by atomic mass is 15.1. The fraction of sp³-hybridized carbons (Fsp3) is 0.887. The van der Waals surface area contributed by atoms with Crippen molar-refractivity contribution in [3.05, 3.63) is 33.4 Å². The van der Waals surface area contributed by atoms with E-state index in [1.165, 1.54) is 70.6 Å². The molecule has 1 aromatic carbocycles. The molecule has 4 heteroatoms. The zero-order valence-electron chi connectivity index (χ0n) is 41.7. The molecule has 1 aromatic rings. The average Bonchev–Trinajstić information content (AvgIpc) is 2.87. The van der Waals surface area contributed by atoms with E-state index >= 15 is 0 Å². The van der Waals surface area contributed by atoms with Crippen LogP contribution in [0.15, 0.2) is 0 Å². The Balaban J connectivity index is 1.82. The fourth-order valence-corrected chi connectivity index (χ4v) is 16.5. The van der Waals surface area contributed by atoms with E-state index in [9.17, 15) is 0 Å². The van der Waals surface area contributed by atoms with Crippen molar-refractivity contribution in [2.75, 3.05) is 0 Å². The van der Waals surface area contributed by atoms with Crippen molar-refractivity contribution in [2.24, 2.45) is 10.8 Å². The van der Waals surface area contributed by atoms with E-state index in [1.54, 1.807) is 11.1 Å². The van der Waals surface area contributed by atoms with Gasteiger partial charge in [-0.05, 0) is 262 Å². The van der Waals surface area contributed by atoms with Crippen LogP contribution in [-0.2, 0) is 0 Å². The zero-order chi connectivity index (χ0) is 43.0. The number of rotatable bonds is 5. The van der Waals surface area contributed by atoms with Gasteiger partial charge < -0.3 is 21.3 Å². The Morgan fingerprint density at radius 1 is 0.281 bits per heavy atom. The molecule has 4 N–H and O–H groups in total. The van der Waals surface area contributed by atoms with E-state index in [4.69, 9.17) is 0 Å². The third-order valence-corrected chi connectivity index (χ3v) is 15.3. The molecular weight excluding hydrogens is 693 g/mol. The highest BCUT2D eigenvalue weighted by Gasteiger charge is 2.51. The van der Waals surface area contributed by atoms with Crippen LogP contribution in [0.1, 0.15) is 272 Å². The molecule has 1 saturated carbocycles. The SMILES string of the molecule is Cc1c(C2CC(C)(C)CC(C)(C)C2)c(C2CC(C)(C)NC(C)(C)C2)c(C2CC(C)(C)NC(C)(C)C2)c(C2CC(C)(C)NC(C)(C)C2)c1C1CC(C)(C)NC(C)(C)C1. The Hall–Kier alpha value is -0.940. The molecule has 0 amide bonds. The van der Waals surface area contributed by atoms with Gasteiger partial charge in [0.05, 0.1) is 0 Å². The molecule has 6 rings (SSSR count). The monoisotopic (exact) mass is 787 g/mol. The number of hydrogen-bond donors (Lipinski definition) is 4. The lowest BCUT2D eigenvalue weighted by atomic mass is 9.55. The van der Waals surface area contributed by atoms with E-state index in [-0.39, 0.29) is 44.3 Å². The number of hydrogen-bond acceptors (Lipinski definition) is 4. The van der Waals surface area contributed by atoms with Gasteiger partial charge in [-0.1, -0.05) is 27.7 Å². The first-order valence-corrected chi connectivity index (χ1v) is 23.8. The van der Waals surface area contributed by atoms with Gasteiger partial charge in [0, 0.05) is 44.3 Å². The highest BCUT2D eigenvalue weighted by Crippen LogP contribution is 2.60. The second-order valence-electron chi connectivity index (χ2n) is 28.3. The lowest BCUT2D eigenvalue weighted by molar-refractivity contribution is 0.0951. The standard InChI is InChI=1S/C53H94N4/c1-33-39(34-22-44(2,3)32-45(4,5)23-34)41(36-26-48(10,11)55-49(12,13)27-36)43(38-30-52(18,19)57-53(20,21)31-38)42(37-28-50(14,15)56-51(16,17)29-37)40(33)35-24-46(6,7)54-47(8,9)25-35/h34-38,54-57H,22-32H2,1-21H3. The average molecular weight is 787 g/mol. The third-order valence-electron chi connectivity index (χ3n) is 15.3. The number of benzene rings is 1. The summed E-state index contributed by atoms with van der Waals surface area (Å²) in [6, 6.07) is 0. The van der Waals surface area contributed by atoms with Crippen LogP contribution in [0.25, 0.3) is 0 Å². The molecule has 1 aliphatic carbocycles. The Morgan fingerprint density at radius 2 is 0.456 bits per heavy atom. The lowest BCUT2D eigenvalue weighted by Crippen LogP contribution is -2.59. The third kappa shape index (κ3) is 10.2. The minimum Gasteiger partial charge on any atom is -0.307 e. The zero-order valence-corrected chi connectivity index (χ0v) is 41.7. The molecule has 57 heavy (non-hydrogen) atoms. The summed E-state index contributed by atoms with van der Waals surface area (Å²) in [5.41, 5.74) is 11.9. The normalized spacial score (nSPS) is 30.9. The molecule has 0 bridgehead atoms. The second-order valence-corrected chi connectivity index (χ2v) is 28.3. The summed E-state index contributed by atoms with van der Waals surface area (Å²) in [6.07, 6.45) is 13.4. The minimum absolute atomic E-state index is 0.0546. The van der Waals surface area contributed by atoms with E-state index in [0.29, 0.717) is 40.4 Å². The van der Waals surface area contributed by atoms with Crippen molar-refractivity contribution < 1.29 is 0 Å². The van der Waals surface area contributed by atoms with Crippen LogP contribution < -0.4 is 21.3 Å². The van der Waals surface area contributed by atoms with Crippen LogP contribution in [0.4, 0.5) is 0 Å². The summed E-state index contributed by atoms with van der Waals surface area (Å²) in [6.45, 7) is 53.1. The molecule has 0 atom stereocenters. The molecule has 326 valence electrons. The Bertz CT molecular complexity index is 1500. The largest absolute Gasteiger partial charge is 0.307 e. The van der Waals surface area contributed by atoms with Gasteiger partial charge in [-0.2, -0.15) is 0 Å². The molecule has 5 aliphatic rings. The van der Waals surface area contributed by atoms with Gasteiger partial charge in [-0.15, -0.1) is 0 Å². The molecule has 4 saturated heterocycles. The quantitative estimate of drug-likeness (QED) is 0.240. The molecule has 0 spiro atoms. The second kappa shape index (κ2) is 14.0. The molecular formula is C53H94N4. The predicted octanol–water partition coefficient (Wildman–Crippen LogP) is 13.4. The predicted molar refractivity (Wildman–Crippen MR) is 248 cm³/mol. The van der Waals surface area contributed by atoms with E-state index < -0.39 is 0 Å². The maximum atomic E-state index is 4.16. The topological polar surface area (TPSA) is 48.1 Å². The smallest absolute Gasteiger partial charge is 0.0135 e. The van der Waals surface area contributed by atoms with Gasteiger partial charge in [-0.25, -0.2) is 0 Å². The first kappa shape index (κ1) is 45.6. The lowest BCUT2D eigenvalue weighted by Gasteiger charge is -2.54. The van der Waals surface area contributed by atoms with Gasteiger partial charge in [0.15, 0.2) is 0 Å². The van der Waals surface area contributed by atoms with Gasteiger partial charge in [0.25, 0.3) is 0 Å². The molecule has 4 nitrogen and oxygen atoms in total. The van der Waals surface area contributed by atoms with Gasteiger partial charge in [0.2, 0.25) is 0 Å². The Kier molecular flexibility index (Phi) is 11.2. The van der Waals surface area contributed by atoms with E-state index in [2.05, 4.69) is 167 Å². The van der Waals surface area contributed by atoms with Crippen molar-refractivity contribution in [2.45, 2.75) is 290 Å². The van der Waals surface area contributed by atoms with Crippen LogP contribution >= 0.6 is 0 Å². The van der Waals surface area contributed by atoms with Crippen molar-refractivity contribution in [3.8, 4) is 0 Å². The molecule has 4 heterocycles. The summed E-state index contributed by atoms with van der Waals surface area (Å²) in [5, 5.41) is 16.6. The fourth-order valence-electron chi connectivity index (χ4n) is 16.5. The summed E-state index contributed by atoms with van der Waals surface area (Å²) < 4.78 is 0. The van der Waals surface area contributed by atoms with Crippen LogP contribution in [0.5, 0.6) is 0 Å². The van der Waals surface area contributed by atoms with Crippen molar-refractivity contribution in [1.29, 1.82) is 0 Å². The summed E-state index contributed by atoms with van der Waals surface area (Å²) in [4.78, 5) is 0. The highest BCUT2D eigenvalue weighted by molar-refractivity contribution is 5.60.